The zero-order valence-corrected chi connectivity index (χ0v) is 12.4. The van der Waals surface area contributed by atoms with Crippen molar-refractivity contribution in [3.63, 3.8) is 0 Å². The molecule has 0 spiro atoms. The first-order valence-electron chi connectivity index (χ1n) is 6.95. The molecule has 1 aliphatic rings. The Kier molecular flexibility index (Phi) is 4.26. The maximum absolute atomic E-state index is 12.9. The van der Waals surface area contributed by atoms with Crippen LogP contribution in [0.1, 0.15) is 11.1 Å². The Morgan fingerprint density at radius 2 is 1.72 bits per heavy atom. The molecule has 0 atom stereocenters. The van der Waals surface area contributed by atoms with Crippen LogP contribution in [0, 0.1) is 5.82 Å². The third kappa shape index (κ3) is 4.03. The summed E-state index contributed by atoms with van der Waals surface area (Å²) in [6.07, 6.45) is -3.74. The molecule has 0 saturated carbocycles. The second-order valence-corrected chi connectivity index (χ2v) is 4.93. The van der Waals surface area contributed by atoms with Crippen LogP contribution in [-0.2, 0) is 9.53 Å². The minimum atomic E-state index is -4.87. The molecule has 4 nitrogen and oxygen atoms in total. The molecule has 1 heterocycles. The lowest BCUT2D eigenvalue weighted by molar-refractivity contribution is -0.274. The second kappa shape index (κ2) is 6.39. The summed E-state index contributed by atoms with van der Waals surface area (Å²) >= 11 is 0. The van der Waals surface area contributed by atoms with Gasteiger partial charge in [0.05, 0.1) is 0 Å². The molecule has 25 heavy (non-hydrogen) atoms. The maximum atomic E-state index is 12.9. The van der Waals surface area contributed by atoms with E-state index in [1.807, 2.05) is 0 Å². The van der Waals surface area contributed by atoms with Crippen LogP contribution >= 0.6 is 0 Å². The van der Waals surface area contributed by atoms with Gasteiger partial charge in [0.1, 0.15) is 11.6 Å². The fourth-order valence-electron chi connectivity index (χ4n) is 2.09. The molecular formula is C17H9F4NO3. The summed E-state index contributed by atoms with van der Waals surface area (Å²) in [5.74, 6) is -1.84. The SMILES string of the molecule is O=C1OC(c2ccc(F)cc2)=N/C1=C\c1ccccc1OC(F)(F)F. The monoisotopic (exact) mass is 351 g/mol. The van der Waals surface area contributed by atoms with E-state index in [-0.39, 0.29) is 17.2 Å². The van der Waals surface area contributed by atoms with Crippen molar-refractivity contribution in [3.05, 3.63) is 71.2 Å². The van der Waals surface area contributed by atoms with Gasteiger partial charge in [-0.15, -0.1) is 13.2 Å². The Morgan fingerprint density at radius 1 is 1.04 bits per heavy atom. The van der Waals surface area contributed by atoms with Crippen LogP contribution in [0.4, 0.5) is 17.6 Å². The smallest absolute Gasteiger partial charge is 0.405 e. The van der Waals surface area contributed by atoms with Crippen molar-refractivity contribution in [1.29, 1.82) is 0 Å². The zero-order valence-electron chi connectivity index (χ0n) is 12.4. The van der Waals surface area contributed by atoms with Gasteiger partial charge in [0.15, 0.2) is 5.70 Å². The highest BCUT2D eigenvalue weighted by Crippen LogP contribution is 2.29. The number of nitrogens with zero attached hydrogens (tertiary/aromatic N) is 1. The summed E-state index contributed by atoms with van der Waals surface area (Å²) in [7, 11) is 0. The van der Waals surface area contributed by atoms with Gasteiger partial charge in [-0.05, 0) is 36.4 Å². The first-order valence-corrected chi connectivity index (χ1v) is 6.95. The van der Waals surface area contributed by atoms with Gasteiger partial charge in [0.2, 0.25) is 5.90 Å². The van der Waals surface area contributed by atoms with Crippen LogP contribution < -0.4 is 4.74 Å². The Morgan fingerprint density at radius 3 is 2.40 bits per heavy atom. The standard InChI is InChI=1S/C17H9F4NO3/c18-12-7-5-10(6-8-12)15-22-13(16(23)24-15)9-11-3-1-2-4-14(11)25-17(19,20)21/h1-9H/b13-9-. The van der Waals surface area contributed by atoms with E-state index >= 15 is 0 Å². The van der Waals surface area contributed by atoms with Crippen molar-refractivity contribution >= 4 is 17.9 Å². The van der Waals surface area contributed by atoms with E-state index in [4.69, 9.17) is 4.74 Å². The third-order valence-electron chi connectivity index (χ3n) is 3.15. The van der Waals surface area contributed by atoms with Crippen molar-refractivity contribution < 1.29 is 31.8 Å². The van der Waals surface area contributed by atoms with Gasteiger partial charge in [-0.3, -0.25) is 0 Å². The number of esters is 1. The van der Waals surface area contributed by atoms with Gasteiger partial charge in [-0.1, -0.05) is 18.2 Å². The van der Waals surface area contributed by atoms with E-state index < -0.39 is 23.9 Å². The highest BCUT2D eigenvalue weighted by molar-refractivity contribution is 6.12. The Hall–Kier alpha value is -3.16. The van der Waals surface area contributed by atoms with Crippen LogP contribution in [0.3, 0.4) is 0 Å². The molecule has 128 valence electrons. The van der Waals surface area contributed by atoms with Crippen molar-refractivity contribution in [2.75, 3.05) is 0 Å². The quantitative estimate of drug-likeness (QED) is 0.476. The molecule has 0 unspecified atom stereocenters. The molecule has 0 aliphatic carbocycles. The Balaban J connectivity index is 1.94. The lowest BCUT2D eigenvalue weighted by Crippen LogP contribution is -2.17. The predicted molar refractivity (Wildman–Crippen MR) is 80.1 cm³/mol. The first-order chi connectivity index (χ1) is 11.8. The summed E-state index contributed by atoms with van der Waals surface area (Å²) < 4.78 is 59.1. The zero-order chi connectivity index (χ0) is 18.0. The van der Waals surface area contributed by atoms with E-state index in [0.29, 0.717) is 5.56 Å². The number of rotatable bonds is 3. The number of benzene rings is 2. The number of halogens is 4. The molecule has 2 aromatic rings. The third-order valence-corrected chi connectivity index (χ3v) is 3.15. The van der Waals surface area contributed by atoms with Gasteiger partial charge in [-0.25, -0.2) is 14.2 Å². The predicted octanol–water partition coefficient (Wildman–Crippen LogP) is 4.07. The fourth-order valence-corrected chi connectivity index (χ4v) is 2.09. The van der Waals surface area contributed by atoms with Crippen molar-refractivity contribution in [2.45, 2.75) is 6.36 Å². The Bertz CT molecular complexity index is 870. The molecule has 0 aromatic heterocycles. The van der Waals surface area contributed by atoms with E-state index in [0.717, 1.165) is 12.1 Å². The van der Waals surface area contributed by atoms with Crippen molar-refractivity contribution in [3.8, 4) is 5.75 Å². The van der Waals surface area contributed by atoms with E-state index in [1.54, 1.807) is 0 Å². The maximum Gasteiger partial charge on any atom is 0.573 e. The summed E-state index contributed by atoms with van der Waals surface area (Å²) in [5.41, 5.74) is 0.173. The van der Waals surface area contributed by atoms with Gasteiger partial charge in [0, 0.05) is 11.1 Å². The van der Waals surface area contributed by atoms with Gasteiger partial charge in [0.25, 0.3) is 0 Å². The average molecular weight is 351 g/mol. The summed E-state index contributed by atoms with van der Waals surface area (Å²) in [6, 6.07) is 10.4. The van der Waals surface area contributed by atoms with Crippen LogP contribution in [0.2, 0.25) is 0 Å². The topological polar surface area (TPSA) is 47.9 Å². The normalized spacial score (nSPS) is 15.9. The molecule has 2 aromatic carbocycles. The van der Waals surface area contributed by atoms with Crippen LogP contribution in [0.25, 0.3) is 6.08 Å². The molecule has 0 fully saturated rings. The largest absolute Gasteiger partial charge is 0.573 e. The van der Waals surface area contributed by atoms with Crippen LogP contribution in [0.5, 0.6) is 5.75 Å². The highest BCUT2D eigenvalue weighted by Gasteiger charge is 2.32. The average Bonchev–Trinajstić information content (AvgIpc) is 2.89. The molecule has 0 radical (unpaired) electrons. The number of hydrogen-bond acceptors (Lipinski definition) is 4. The molecule has 8 heteroatoms. The number of hydrogen-bond donors (Lipinski definition) is 0. The lowest BCUT2D eigenvalue weighted by Gasteiger charge is -2.10. The molecule has 1 aliphatic heterocycles. The summed E-state index contributed by atoms with van der Waals surface area (Å²) in [5, 5.41) is 0. The number of carbonyl (C=O) groups excluding carboxylic acids is 1. The number of aliphatic imine (C=N–C) groups is 1. The minimum Gasteiger partial charge on any atom is -0.405 e. The molecule has 3 rings (SSSR count). The molecular weight excluding hydrogens is 342 g/mol. The summed E-state index contributed by atoms with van der Waals surface area (Å²) in [6.45, 7) is 0. The molecule has 0 amide bonds. The van der Waals surface area contributed by atoms with Crippen molar-refractivity contribution in [1.82, 2.24) is 0 Å². The number of para-hydroxylation sites is 1. The van der Waals surface area contributed by atoms with E-state index in [2.05, 4.69) is 9.73 Å². The molecule has 0 bridgehead atoms. The van der Waals surface area contributed by atoms with Crippen LogP contribution in [0.15, 0.2) is 59.2 Å². The van der Waals surface area contributed by atoms with Gasteiger partial charge >= 0.3 is 12.3 Å². The number of carbonyl (C=O) groups is 1. The van der Waals surface area contributed by atoms with Crippen LogP contribution in [-0.4, -0.2) is 18.2 Å². The number of alkyl halides is 3. The first kappa shape index (κ1) is 16.7. The lowest BCUT2D eigenvalue weighted by atomic mass is 10.1. The molecule has 0 saturated heterocycles. The number of cyclic esters (lactones) is 1. The fraction of sp³-hybridized carbons (Fsp3) is 0.0588. The second-order valence-electron chi connectivity index (χ2n) is 4.93. The van der Waals surface area contributed by atoms with Crippen molar-refractivity contribution in [2.24, 2.45) is 4.99 Å². The minimum absolute atomic E-state index is 0.0101. The number of ether oxygens (including phenoxy) is 2. The van der Waals surface area contributed by atoms with Gasteiger partial charge < -0.3 is 9.47 Å². The molecule has 0 N–H and O–H groups in total. The Labute approximate surface area is 139 Å². The summed E-state index contributed by atoms with van der Waals surface area (Å²) in [4.78, 5) is 15.8. The van der Waals surface area contributed by atoms with E-state index in [9.17, 15) is 22.4 Å². The van der Waals surface area contributed by atoms with Gasteiger partial charge in [-0.2, -0.15) is 0 Å². The van der Waals surface area contributed by atoms with E-state index in [1.165, 1.54) is 42.5 Å². The highest BCUT2D eigenvalue weighted by atomic mass is 19.4.